The van der Waals surface area contributed by atoms with E-state index in [1.165, 1.54) is 0 Å². The van der Waals surface area contributed by atoms with Crippen molar-refractivity contribution in [2.75, 3.05) is 0 Å². The Hall–Kier alpha value is -2.05. The lowest BCUT2D eigenvalue weighted by atomic mass is 9.82. The van der Waals surface area contributed by atoms with Gasteiger partial charge in [-0.2, -0.15) is 0 Å². The molecule has 3 heterocycles. The lowest BCUT2D eigenvalue weighted by molar-refractivity contribution is 0.00578. The lowest BCUT2D eigenvalue weighted by Crippen LogP contribution is -2.41. The van der Waals surface area contributed by atoms with E-state index in [-0.39, 0.29) is 5.57 Å². The van der Waals surface area contributed by atoms with E-state index in [1.54, 1.807) is 36.7 Å². The van der Waals surface area contributed by atoms with E-state index in [9.17, 15) is 0 Å². The predicted molar refractivity (Wildman–Crippen MR) is 91.7 cm³/mol. The molecule has 24 heavy (non-hydrogen) atoms. The number of nitrogens with zero attached hydrogens (tertiary/aromatic N) is 2. The molecule has 4 nitrogen and oxygen atoms in total. The zero-order valence-corrected chi connectivity index (χ0v) is 14.3. The van der Waals surface area contributed by atoms with Gasteiger partial charge in [0.25, 0.3) is 0 Å². The zero-order chi connectivity index (χ0) is 17.4. The average Bonchev–Trinajstić information content (AvgIpc) is 2.78. The number of aromatic nitrogens is 2. The van der Waals surface area contributed by atoms with Crippen molar-refractivity contribution < 1.29 is 13.7 Å². The van der Waals surface area contributed by atoms with Crippen molar-refractivity contribution in [2.24, 2.45) is 0 Å². The van der Waals surface area contributed by atoms with Gasteiger partial charge in [0, 0.05) is 12.4 Å². The molecule has 2 aromatic rings. The quantitative estimate of drug-likeness (QED) is 0.804. The molecular formula is C18H20BFN2O2. The zero-order valence-electron chi connectivity index (χ0n) is 14.3. The molecule has 0 N–H and O–H groups in total. The van der Waals surface area contributed by atoms with Gasteiger partial charge in [-0.25, -0.2) is 4.39 Å². The van der Waals surface area contributed by atoms with Crippen LogP contribution in [0.2, 0.25) is 0 Å². The standard InChI is InChI=1S/C18H20BFN2O2/c1-17(2)18(3,4)24-19(23-17)16(20)15(13-9-5-7-11-21-13)14-10-6-8-12-22-14/h5-12H,1-4H3. The summed E-state index contributed by atoms with van der Waals surface area (Å²) in [6.07, 6.45) is 3.24. The fraction of sp³-hybridized carbons (Fsp3) is 0.333. The number of rotatable bonds is 3. The molecule has 0 radical (unpaired) electrons. The maximum Gasteiger partial charge on any atom is 0.526 e. The summed E-state index contributed by atoms with van der Waals surface area (Å²) < 4.78 is 27.1. The van der Waals surface area contributed by atoms with Crippen LogP contribution in [0.1, 0.15) is 39.1 Å². The predicted octanol–water partition coefficient (Wildman–Crippen LogP) is 3.84. The number of halogens is 1. The van der Waals surface area contributed by atoms with Crippen molar-refractivity contribution in [3.05, 3.63) is 65.9 Å². The molecule has 0 aliphatic carbocycles. The first-order valence-electron chi connectivity index (χ1n) is 7.90. The molecule has 0 bridgehead atoms. The third-order valence-electron chi connectivity index (χ3n) is 4.54. The highest BCUT2D eigenvalue weighted by Gasteiger charge is 2.53. The van der Waals surface area contributed by atoms with Gasteiger partial charge in [-0.1, -0.05) is 12.1 Å². The van der Waals surface area contributed by atoms with Crippen molar-refractivity contribution in [1.82, 2.24) is 9.97 Å². The highest BCUT2D eigenvalue weighted by molar-refractivity contribution is 6.55. The summed E-state index contributed by atoms with van der Waals surface area (Å²) in [5.41, 5.74) is -0.490. The Kier molecular flexibility index (Phi) is 4.28. The van der Waals surface area contributed by atoms with Crippen LogP contribution in [-0.2, 0) is 9.31 Å². The Labute approximate surface area is 141 Å². The van der Waals surface area contributed by atoms with Crippen LogP contribution in [0, 0.1) is 0 Å². The molecule has 6 heteroatoms. The fourth-order valence-electron chi connectivity index (χ4n) is 2.46. The van der Waals surface area contributed by atoms with Crippen LogP contribution in [-0.4, -0.2) is 28.3 Å². The molecule has 1 fully saturated rings. The second kappa shape index (κ2) is 6.11. The molecule has 3 rings (SSSR count). The second-order valence-electron chi connectivity index (χ2n) is 6.74. The third-order valence-corrected chi connectivity index (χ3v) is 4.54. The van der Waals surface area contributed by atoms with Crippen molar-refractivity contribution in [3.8, 4) is 0 Å². The molecule has 1 aliphatic rings. The third kappa shape index (κ3) is 2.99. The molecule has 124 valence electrons. The van der Waals surface area contributed by atoms with Crippen LogP contribution in [0.3, 0.4) is 0 Å². The topological polar surface area (TPSA) is 44.2 Å². The van der Waals surface area contributed by atoms with Gasteiger partial charge >= 0.3 is 7.12 Å². The molecule has 0 spiro atoms. The van der Waals surface area contributed by atoms with E-state index in [4.69, 9.17) is 9.31 Å². The summed E-state index contributed by atoms with van der Waals surface area (Å²) in [6, 6.07) is 10.7. The van der Waals surface area contributed by atoms with Crippen LogP contribution < -0.4 is 0 Å². The summed E-state index contributed by atoms with van der Waals surface area (Å²) in [6.45, 7) is 7.56. The summed E-state index contributed by atoms with van der Waals surface area (Å²) in [4.78, 5) is 8.54. The Morgan fingerprint density at radius 3 is 1.71 bits per heavy atom. The molecule has 2 aromatic heterocycles. The largest absolute Gasteiger partial charge is 0.526 e. The number of hydrogen-bond donors (Lipinski definition) is 0. The minimum atomic E-state index is -1.09. The van der Waals surface area contributed by atoms with Gasteiger partial charge in [-0.15, -0.1) is 0 Å². The van der Waals surface area contributed by atoms with Gasteiger partial charge in [0.05, 0.1) is 28.2 Å². The number of pyridine rings is 2. The summed E-state index contributed by atoms with van der Waals surface area (Å²) in [7, 11) is -1.09. The van der Waals surface area contributed by atoms with Gasteiger partial charge in [0.1, 0.15) is 5.73 Å². The maximum absolute atomic E-state index is 15.4. The van der Waals surface area contributed by atoms with Gasteiger partial charge < -0.3 is 9.31 Å². The maximum atomic E-state index is 15.4. The van der Waals surface area contributed by atoms with E-state index in [1.807, 2.05) is 39.8 Å². The molecule has 1 saturated heterocycles. The van der Waals surface area contributed by atoms with Crippen molar-refractivity contribution >= 4 is 12.7 Å². The Morgan fingerprint density at radius 2 is 1.33 bits per heavy atom. The van der Waals surface area contributed by atoms with E-state index < -0.39 is 24.0 Å². The number of hydrogen-bond acceptors (Lipinski definition) is 4. The first-order chi connectivity index (χ1) is 11.3. The minimum Gasteiger partial charge on any atom is -0.398 e. The Bertz CT molecular complexity index is 691. The molecule has 0 aromatic carbocycles. The van der Waals surface area contributed by atoms with Crippen molar-refractivity contribution in [2.45, 2.75) is 38.9 Å². The Morgan fingerprint density at radius 1 is 0.875 bits per heavy atom. The van der Waals surface area contributed by atoms with Gasteiger partial charge in [-0.05, 0) is 52.0 Å². The normalized spacial score (nSPS) is 18.5. The van der Waals surface area contributed by atoms with Crippen LogP contribution in [0.5, 0.6) is 0 Å². The van der Waals surface area contributed by atoms with Crippen molar-refractivity contribution in [3.63, 3.8) is 0 Å². The molecule has 0 saturated carbocycles. The summed E-state index contributed by atoms with van der Waals surface area (Å²) >= 11 is 0. The smallest absolute Gasteiger partial charge is 0.398 e. The first kappa shape index (κ1) is 16.8. The SMILES string of the molecule is CC1(C)OB(C(F)=C(c2ccccn2)c2ccccn2)OC1(C)C. The second-order valence-corrected chi connectivity index (χ2v) is 6.74. The molecule has 0 unspecified atom stereocenters. The van der Waals surface area contributed by atoms with Crippen LogP contribution in [0.15, 0.2) is 54.5 Å². The Balaban J connectivity index is 2.10. The van der Waals surface area contributed by atoms with Gasteiger partial charge in [-0.3, -0.25) is 9.97 Å². The fourth-order valence-corrected chi connectivity index (χ4v) is 2.46. The molecule has 0 atom stereocenters. The van der Waals surface area contributed by atoms with E-state index in [2.05, 4.69) is 9.97 Å². The van der Waals surface area contributed by atoms with E-state index >= 15 is 4.39 Å². The van der Waals surface area contributed by atoms with Crippen molar-refractivity contribution in [1.29, 1.82) is 0 Å². The molecular weight excluding hydrogens is 306 g/mol. The van der Waals surface area contributed by atoms with Crippen LogP contribution in [0.4, 0.5) is 4.39 Å². The lowest BCUT2D eigenvalue weighted by Gasteiger charge is -2.32. The molecule has 1 aliphatic heterocycles. The van der Waals surface area contributed by atoms with E-state index in [0.29, 0.717) is 11.4 Å². The highest BCUT2D eigenvalue weighted by Crippen LogP contribution is 2.40. The summed E-state index contributed by atoms with van der Waals surface area (Å²) in [5.74, 6) is 0. The van der Waals surface area contributed by atoms with Crippen LogP contribution >= 0.6 is 0 Å². The summed E-state index contributed by atoms with van der Waals surface area (Å²) in [5, 5.41) is 0. The minimum absolute atomic E-state index is 0.287. The average molecular weight is 326 g/mol. The van der Waals surface area contributed by atoms with Crippen LogP contribution in [0.25, 0.3) is 5.57 Å². The van der Waals surface area contributed by atoms with Gasteiger partial charge in [0.2, 0.25) is 0 Å². The monoisotopic (exact) mass is 326 g/mol. The first-order valence-corrected chi connectivity index (χ1v) is 7.90. The van der Waals surface area contributed by atoms with E-state index in [0.717, 1.165) is 0 Å². The highest BCUT2D eigenvalue weighted by atomic mass is 19.1. The molecule has 0 amide bonds. The van der Waals surface area contributed by atoms with Gasteiger partial charge in [0.15, 0.2) is 0 Å².